The van der Waals surface area contributed by atoms with Crippen LogP contribution in [0.15, 0.2) is 36.5 Å². The molecule has 19 heavy (non-hydrogen) atoms. The van der Waals surface area contributed by atoms with E-state index in [-0.39, 0.29) is 5.56 Å². The fraction of sp³-hybridized carbons (Fsp3) is 0.0714. The van der Waals surface area contributed by atoms with E-state index in [1.807, 2.05) is 30.5 Å². The van der Waals surface area contributed by atoms with Gasteiger partial charge in [-0.1, -0.05) is 12.1 Å². The zero-order valence-corrected chi connectivity index (χ0v) is 10.2. The van der Waals surface area contributed by atoms with Crippen LogP contribution in [0.4, 0.5) is 0 Å². The van der Waals surface area contributed by atoms with E-state index in [0.717, 1.165) is 16.5 Å². The van der Waals surface area contributed by atoms with Crippen molar-refractivity contribution in [1.29, 1.82) is 0 Å². The number of aromatic carboxylic acids is 1. The summed E-state index contributed by atoms with van der Waals surface area (Å²) in [5, 5.41) is 18.2. The van der Waals surface area contributed by atoms with Crippen LogP contribution in [0.5, 0.6) is 0 Å². The summed E-state index contributed by atoms with van der Waals surface area (Å²) in [6.45, 7) is 1.64. The number of aromatic amines is 1. The smallest absolute Gasteiger partial charge is 0.337 e. The molecule has 2 heterocycles. The number of rotatable bonds is 2. The van der Waals surface area contributed by atoms with Crippen molar-refractivity contribution in [3.05, 3.63) is 47.8 Å². The Hall–Kier alpha value is -2.69. The molecule has 0 atom stereocenters. The Bertz CT molecular complexity index is 777. The highest BCUT2D eigenvalue weighted by molar-refractivity contribution is 5.96. The molecular weight excluding hydrogens is 242 g/mol. The van der Waals surface area contributed by atoms with Crippen LogP contribution in [-0.4, -0.2) is 26.3 Å². The quantitative estimate of drug-likeness (QED) is 0.735. The molecule has 0 bridgehead atoms. The van der Waals surface area contributed by atoms with Crippen molar-refractivity contribution in [3.8, 4) is 11.3 Å². The van der Waals surface area contributed by atoms with Gasteiger partial charge in [-0.3, -0.25) is 0 Å². The molecule has 0 spiro atoms. The van der Waals surface area contributed by atoms with Gasteiger partial charge < -0.3 is 10.1 Å². The molecule has 0 amide bonds. The molecule has 0 saturated carbocycles. The molecule has 1 aromatic carbocycles. The molecule has 0 unspecified atom stereocenters. The van der Waals surface area contributed by atoms with Gasteiger partial charge in [0.15, 0.2) is 0 Å². The number of benzene rings is 1. The highest BCUT2D eigenvalue weighted by Crippen LogP contribution is 2.27. The monoisotopic (exact) mass is 253 g/mol. The fourth-order valence-electron chi connectivity index (χ4n) is 2.11. The van der Waals surface area contributed by atoms with Crippen molar-refractivity contribution in [2.45, 2.75) is 6.92 Å². The summed E-state index contributed by atoms with van der Waals surface area (Å²) in [6.07, 6.45) is 1.84. The number of carbonyl (C=O) groups is 1. The first-order chi connectivity index (χ1) is 9.16. The van der Waals surface area contributed by atoms with Gasteiger partial charge >= 0.3 is 5.97 Å². The van der Waals surface area contributed by atoms with E-state index in [1.54, 1.807) is 13.0 Å². The second-order valence-electron chi connectivity index (χ2n) is 4.28. The lowest BCUT2D eigenvalue weighted by molar-refractivity contribution is 0.0695. The summed E-state index contributed by atoms with van der Waals surface area (Å²) >= 11 is 0. The van der Waals surface area contributed by atoms with Gasteiger partial charge in [0.25, 0.3) is 0 Å². The lowest BCUT2D eigenvalue weighted by Gasteiger charge is -2.05. The van der Waals surface area contributed by atoms with Crippen LogP contribution >= 0.6 is 0 Å². The molecule has 2 N–H and O–H groups in total. The summed E-state index contributed by atoms with van der Waals surface area (Å²) in [7, 11) is 0. The first kappa shape index (κ1) is 11.4. The molecule has 0 aliphatic carbocycles. The third kappa shape index (κ3) is 1.85. The molecule has 0 aliphatic rings. The molecule has 0 aliphatic heterocycles. The van der Waals surface area contributed by atoms with Crippen LogP contribution in [0.2, 0.25) is 0 Å². The topological polar surface area (TPSA) is 78.9 Å². The normalized spacial score (nSPS) is 10.8. The number of nitrogens with zero attached hydrogens (tertiary/aromatic N) is 2. The summed E-state index contributed by atoms with van der Waals surface area (Å²) in [6, 6.07) is 9.26. The average molecular weight is 253 g/mol. The third-order valence-corrected chi connectivity index (χ3v) is 3.08. The summed E-state index contributed by atoms with van der Waals surface area (Å²) in [4.78, 5) is 14.3. The molecule has 0 fully saturated rings. The van der Waals surface area contributed by atoms with E-state index in [1.165, 1.54) is 0 Å². The van der Waals surface area contributed by atoms with E-state index in [2.05, 4.69) is 15.2 Å². The van der Waals surface area contributed by atoms with E-state index < -0.39 is 5.97 Å². The molecule has 0 radical (unpaired) electrons. The number of aromatic nitrogens is 3. The van der Waals surface area contributed by atoms with Crippen molar-refractivity contribution in [2.75, 3.05) is 0 Å². The largest absolute Gasteiger partial charge is 0.478 e. The number of nitrogens with one attached hydrogen (secondary N) is 1. The number of aryl methyl sites for hydroxylation is 1. The van der Waals surface area contributed by atoms with E-state index in [9.17, 15) is 4.79 Å². The van der Waals surface area contributed by atoms with Crippen molar-refractivity contribution >= 4 is 16.9 Å². The maximum atomic E-state index is 11.1. The zero-order chi connectivity index (χ0) is 13.4. The molecule has 5 nitrogen and oxygen atoms in total. The van der Waals surface area contributed by atoms with Crippen molar-refractivity contribution in [3.63, 3.8) is 0 Å². The van der Waals surface area contributed by atoms with Gasteiger partial charge in [0.05, 0.1) is 17.0 Å². The first-order valence-corrected chi connectivity index (χ1v) is 5.81. The minimum atomic E-state index is -0.991. The Kier molecular flexibility index (Phi) is 2.52. The average Bonchev–Trinajstić information content (AvgIpc) is 2.87. The van der Waals surface area contributed by atoms with Crippen LogP contribution < -0.4 is 0 Å². The molecular formula is C14H11N3O2. The predicted octanol–water partition coefficient (Wildman–Crippen LogP) is 2.63. The summed E-state index contributed by atoms with van der Waals surface area (Å²) in [5.74, 6) is -0.991. The van der Waals surface area contributed by atoms with Crippen LogP contribution in [0.25, 0.3) is 22.2 Å². The van der Waals surface area contributed by atoms with Gasteiger partial charge in [-0.25, -0.2) is 4.79 Å². The Balaban J connectivity index is 2.24. The molecule has 94 valence electrons. The number of H-pyrrole nitrogens is 1. The SMILES string of the molecule is Cc1nnc(-c2cccc3[nH]ccc23)cc1C(=O)O. The highest BCUT2D eigenvalue weighted by Gasteiger charge is 2.13. The highest BCUT2D eigenvalue weighted by atomic mass is 16.4. The fourth-order valence-corrected chi connectivity index (χ4v) is 2.11. The lowest BCUT2D eigenvalue weighted by Crippen LogP contribution is -2.04. The molecule has 3 aromatic rings. The maximum Gasteiger partial charge on any atom is 0.337 e. The second kappa shape index (κ2) is 4.20. The molecule has 2 aromatic heterocycles. The van der Waals surface area contributed by atoms with Crippen molar-refractivity contribution in [2.24, 2.45) is 0 Å². The number of fused-ring (bicyclic) bond motifs is 1. The maximum absolute atomic E-state index is 11.1. The van der Waals surface area contributed by atoms with Crippen molar-refractivity contribution in [1.82, 2.24) is 15.2 Å². The zero-order valence-electron chi connectivity index (χ0n) is 10.2. The van der Waals surface area contributed by atoms with Crippen LogP contribution in [0, 0.1) is 6.92 Å². The Labute approximate surface area is 108 Å². The van der Waals surface area contributed by atoms with Crippen LogP contribution in [-0.2, 0) is 0 Å². The van der Waals surface area contributed by atoms with Gasteiger partial charge in [0.2, 0.25) is 0 Å². The second-order valence-corrected chi connectivity index (χ2v) is 4.28. The number of carboxylic acids is 1. The number of hydrogen-bond donors (Lipinski definition) is 2. The third-order valence-electron chi connectivity index (χ3n) is 3.08. The Morgan fingerprint density at radius 3 is 2.89 bits per heavy atom. The van der Waals surface area contributed by atoms with Gasteiger partial charge in [0.1, 0.15) is 0 Å². The molecule has 0 saturated heterocycles. The summed E-state index contributed by atoms with van der Waals surface area (Å²) in [5.41, 5.74) is 3.01. The Morgan fingerprint density at radius 1 is 1.26 bits per heavy atom. The number of hydrogen-bond acceptors (Lipinski definition) is 3. The predicted molar refractivity (Wildman–Crippen MR) is 71.0 cm³/mol. The van der Waals surface area contributed by atoms with Crippen LogP contribution in [0.1, 0.15) is 16.1 Å². The van der Waals surface area contributed by atoms with E-state index in [0.29, 0.717) is 11.4 Å². The van der Waals surface area contributed by atoms with Crippen LogP contribution in [0.3, 0.4) is 0 Å². The van der Waals surface area contributed by atoms with Gasteiger partial charge in [-0.15, -0.1) is 0 Å². The van der Waals surface area contributed by atoms with E-state index in [4.69, 9.17) is 5.11 Å². The molecule has 5 heteroatoms. The Morgan fingerprint density at radius 2 is 2.11 bits per heavy atom. The lowest BCUT2D eigenvalue weighted by atomic mass is 10.0. The first-order valence-electron chi connectivity index (χ1n) is 5.81. The molecule has 3 rings (SSSR count). The standard InChI is InChI=1S/C14H11N3O2/c1-8-11(14(18)19)7-13(17-16-8)9-3-2-4-12-10(9)5-6-15-12/h2-7,15H,1H3,(H,18,19). The summed E-state index contributed by atoms with van der Waals surface area (Å²) < 4.78 is 0. The van der Waals surface area contributed by atoms with Gasteiger partial charge in [0, 0.05) is 22.7 Å². The minimum Gasteiger partial charge on any atom is -0.478 e. The minimum absolute atomic E-state index is 0.178. The van der Waals surface area contributed by atoms with Gasteiger partial charge in [-0.2, -0.15) is 10.2 Å². The van der Waals surface area contributed by atoms with Gasteiger partial charge in [-0.05, 0) is 25.1 Å². The van der Waals surface area contributed by atoms with Crippen molar-refractivity contribution < 1.29 is 9.90 Å². The van der Waals surface area contributed by atoms with E-state index >= 15 is 0 Å². The number of carboxylic acid groups (broad SMARTS) is 1.